The Morgan fingerprint density at radius 2 is 1.72 bits per heavy atom. The molecule has 2 atom stereocenters. The second-order valence-electron chi connectivity index (χ2n) is 6.30. The first kappa shape index (κ1) is 18.8. The summed E-state index contributed by atoms with van der Waals surface area (Å²) >= 11 is 0. The zero-order valence-corrected chi connectivity index (χ0v) is 14.4. The molecular formula is C20H24N2O3. The number of benzene rings is 2. The lowest BCUT2D eigenvalue weighted by molar-refractivity contribution is -0.130. The molecule has 0 radical (unpaired) electrons. The highest BCUT2D eigenvalue weighted by atomic mass is 16.5. The molecule has 0 spiro atoms. The third-order valence-corrected chi connectivity index (χ3v) is 4.52. The van der Waals surface area contributed by atoms with Gasteiger partial charge in [0.1, 0.15) is 0 Å². The van der Waals surface area contributed by atoms with Crippen LogP contribution in [-0.2, 0) is 11.2 Å². The first-order chi connectivity index (χ1) is 12.1. The van der Waals surface area contributed by atoms with Crippen molar-refractivity contribution in [1.29, 1.82) is 0 Å². The molecule has 2 aromatic rings. The van der Waals surface area contributed by atoms with Gasteiger partial charge in [-0.25, -0.2) is 5.48 Å². The monoisotopic (exact) mass is 340 g/mol. The highest BCUT2D eigenvalue weighted by Gasteiger charge is 2.21. The van der Waals surface area contributed by atoms with Gasteiger partial charge < -0.3 is 0 Å². The minimum absolute atomic E-state index is 0.107. The zero-order chi connectivity index (χ0) is 18.1. The van der Waals surface area contributed by atoms with Gasteiger partial charge in [0, 0.05) is 6.42 Å². The van der Waals surface area contributed by atoms with E-state index in [2.05, 4.69) is 41.6 Å². The Balaban J connectivity index is 1.89. The normalized spacial score (nSPS) is 13.0. The number of hydrogen-bond acceptors (Lipinski definition) is 4. The molecular weight excluding hydrogens is 316 g/mol. The Morgan fingerprint density at radius 3 is 2.32 bits per heavy atom. The van der Waals surface area contributed by atoms with Crippen LogP contribution in [0.3, 0.4) is 0 Å². The van der Waals surface area contributed by atoms with Gasteiger partial charge in [0.05, 0.1) is 6.04 Å². The number of aryl methyl sites for hydroxylation is 1. The maximum absolute atomic E-state index is 11.3. The predicted molar refractivity (Wildman–Crippen MR) is 98.1 cm³/mol. The number of hydrogen-bond donors (Lipinski definition) is 2. The van der Waals surface area contributed by atoms with Crippen LogP contribution in [-0.4, -0.2) is 17.2 Å². The van der Waals surface area contributed by atoms with Gasteiger partial charge in [-0.3, -0.25) is 10.0 Å². The third kappa shape index (κ3) is 5.80. The summed E-state index contributed by atoms with van der Waals surface area (Å²) in [5.74, 6) is -0.638. The van der Waals surface area contributed by atoms with E-state index in [-0.39, 0.29) is 12.3 Å². The van der Waals surface area contributed by atoms with Crippen LogP contribution in [0.15, 0.2) is 59.8 Å². The summed E-state index contributed by atoms with van der Waals surface area (Å²) < 4.78 is 0. The first-order valence-electron chi connectivity index (χ1n) is 8.53. The molecule has 0 aliphatic rings. The van der Waals surface area contributed by atoms with E-state index in [1.807, 2.05) is 18.2 Å². The van der Waals surface area contributed by atoms with E-state index in [0.29, 0.717) is 6.42 Å². The number of amides is 1. The maximum Gasteiger partial charge on any atom is 0.243 e. The van der Waals surface area contributed by atoms with Crippen LogP contribution in [0.2, 0.25) is 0 Å². The van der Waals surface area contributed by atoms with Crippen molar-refractivity contribution < 1.29 is 10.0 Å². The highest BCUT2D eigenvalue weighted by molar-refractivity contribution is 5.74. The molecule has 2 rings (SSSR count). The van der Waals surface area contributed by atoms with Crippen LogP contribution in [0.5, 0.6) is 0 Å². The van der Waals surface area contributed by atoms with Gasteiger partial charge in [-0.05, 0) is 48.8 Å². The van der Waals surface area contributed by atoms with Crippen LogP contribution in [0.25, 0.3) is 11.1 Å². The van der Waals surface area contributed by atoms with E-state index in [0.717, 1.165) is 12.8 Å². The van der Waals surface area contributed by atoms with Gasteiger partial charge in [0.2, 0.25) is 5.91 Å². The second kappa shape index (κ2) is 9.69. The Bertz CT molecular complexity index is 671. The van der Waals surface area contributed by atoms with E-state index in [1.54, 1.807) is 12.4 Å². The number of rotatable bonds is 9. The molecule has 0 bridgehead atoms. The van der Waals surface area contributed by atoms with Gasteiger partial charge in [0.15, 0.2) is 0 Å². The van der Waals surface area contributed by atoms with Crippen molar-refractivity contribution in [2.75, 3.05) is 0 Å². The Kier molecular flexibility index (Phi) is 7.29. The number of nitroso groups, excluding NO2 is 1. The van der Waals surface area contributed by atoms with Crippen molar-refractivity contribution in [1.82, 2.24) is 5.48 Å². The lowest BCUT2D eigenvalue weighted by Gasteiger charge is -2.17. The maximum atomic E-state index is 11.3. The molecule has 2 unspecified atom stereocenters. The number of carbonyl (C=O) groups excluding carboxylic acids is 1. The van der Waals surface area contributed by atoms with E-state index in [4.69, 9.17) is 5.21 Å². The molecule has 0 heterocycles. The molecule has 0 fully saturated rings. The highest BCUT2D eigenvalue weighted by Crippen LogP contribution is 2.22. The van der Waals surface area contributed by atoms with Gasteiger partial charge in [-0.2, -0.15) is 4.91 Å². The fourth-order valence-electron chi connectivity index (χ4n) is 2.95. The van der Waals surface area contributed by atoms with Crippen LogP contribution >= 0.6 is 0 Å². The SMILES string of the molecule is CC(N=O)C(CCCc1ccc(-c2ccccc2)cc1)CC(=O)NO. The molecule has 0 saturated carbocycles. The number of carbonyl (C=O) groups is 1. The van der Waals surface area contributed by atoms with Crippen LogP contribution in [0.1, 0.15) is 31.7 Å². The van der Waals surface area contributed by atoms with Crippen molar-refractivity contribution in [3.8, 4) is 11.1 Å². The number of nitrogens with zero attached hydrogens (tertiary/aromatic N) is 1. The zero-order valence-electron chi connectivity index (χ0n) is 14.4. The molecule has 132 valence electrons. The number of hydroxylamine groups is 1. The molecule has 0 saturated heterocycles. The predicted octanol–water partition coefficient (Wildman–Crippen LogP) is 4.34. The first-order valence-corrected chi connectivity index (χ1v) is 8.53. The average molecular weight is 340 g/mol. The summed E-state index contributed by atoms with van der Waals surface area (Å²) in [6.07, 6.45) is 2.54. The average Bonchev–Trinajstić information content (AvgIpc) is 2.67. The minimum Gasteiger partial charge on any atom is -0.289 e. The summed E-state index contributed by atoms with van der Waals surface area (Å²) in [4.78, 5) is 22.1. The van der Waals surface area contributed by atoms with Crippen LogP contribution in [0.4, 0.5) is 0 Å². The van der Waals surface area contributed by atoms with Crippen molar-refractivity contribution in [3.63, 3.8) is 0 Å². The van der Waals surface area contributed by atoms with E-state index in [1.165, 1.54) is 16.7 Å². The second-order valence-corrected chi connectivity index (χ2v) is 6.30. The molecule has 0 aromatic heterocycles. The van der Waals surface area contributed by atoms with Crippen molar-refractivity contribution >= 4 is 5.91 Å². The summed E-state index contributed by atoms with van der Waals surface area (Å²) in [5, 5.41) is 11.7. The van der Waals surface area contributed by atoms with Crippen molar-refractivity contribution in [3.05, 3.63) is 65.1 Å². The fourth-order valence-corrected chi connectivity index (χ4v) is 2.95. The van der Waals surface area contributed by atoms with Crippen molar-refractivity contribution in [2.24, 2.45) is 11.1 Å². The summed E-state index contributed by atoms with van der Waals surface area (Å²) in [5.41, 5.74) is 5.21. The Morgan fingerprint density at radius 1 is 1.08 bits per heavy atom. The molecule has 5 nitrogen and oxygen atoms in total. The molecule has 5 heteroatoms. The summed E-state index contributed by atoms with van der Waals surface area (Å²) in [6, 6.07) is 18.2. The quantitative estimate of drug-likeness (QED) is 0.405. The lowest BCUT2D eigenvalue weighted by Crippen LogP contribution is -2.26. The minimum atomic E-state index is -0.479. The fraction of sp³-hybridized carbons (Fsp3) is 0.350. The Labute approximate surface area is 148 Å². The standard InChI is InChI=1S/C20H24N2O3/c1-15(21-24)19(14-20(23)22-25)9-5-6-16-10-12-18(13-11-16)17-7-3-2-4-8-17/h2-4,7-8,10-13,15,19,25H,5-6,9,14H2,1H3,(H,22,23). The van der Waals surface area contributed by atoms with E-state index >= 15 is 0 Å². The molecule has 2 aromatic carbocycles. The summed E-state index contributed by atoms with van der Waals surface area (Å²) in [7, 11) is 0. The van der Waals surface area contributed by atoms with Crippen molar-refractivity contribution in [2.45, 2.75) is 38.6 Å². The molecule has 0 aliphatic carbocycles. The van der Waals surface area contributed by atoms with Gasteiger partial charge in [-0.1, -0.05) is 59.8 Å². The lowest BCUT2D eigenvalue weighted by atomic mass is 9.90. The Hall–Kier alpha value is -2.53. The molecule has 2 N–H and O–H groups in total. The topological polar surface area (TPSA) is 78.8 Å². The van der Waals surface area contributed by atoms with Gasteiger partial charge in [0.25, 0.3) is 0 Å². The van der Waals surface area contributed by atoms with Gasteiger partial charge in [-0.15, -0.1) is 0 Å². The van der Waals surface area contributed by atoms with Gasteiger partial charge >= 0.3 is 0 Å². The molecule has 25 heavy (non-hydrogen) atoms. The summed E-state index contributed by atoms with van der Waals surface area (Å²) in [6.45, 7) is 1.71. The molecule has 1 amide bonds. The third-order valence-electron chi connectivity index (χ3n) is 4.52. The number of nitrogens with one attached hydrogen (secondary N) is 1. The smallest absolute Gasteiger partial charge is 0.243 e. The van der Waals surface area contributed by atoms with Crippen LogP contribution in [0, 0.1) is 10.8 Å². The van der Waals surface area contributed by atoms with Crippen LogP contribution < -0.4 is 5.48 Å². The molecule has 0 aliphatic heterocycles. The van der Waals surface area contributed by atoms with E-state index in [9.17, 15) is 9.70 Å². The van der Waals surface area contributed by atoms with E-state index < -0.39 is 11.9 Å². The largest absolute Gasteiger partial charge is 0.289 e.